The molecule has 7 heteroatoms. The number of carbonyl (C=O) groups is 2. The van der Waals surface area contributed by atoms with Crippen LogP contribution in [0.2, 0.25) is 0 Å². The van der Waals surface area contributed by atoms with Gasteiger partial charge in [-0.15, -0.1) is 0 Å². The molecule has 0 aliphatic carbocycles. The van der Waals surface area contributed by atoms with E-state index in [2.05, 4.69) is 31.4 Å². The molecule has 170 valence electrons. The number of furan rings is 1. The molecule has 4 aromatic rings. The number of amides is 2. The summed E-state index contributed by atoms with van der Waals surface area (Å²) in [6.45, 7) is 9.58. The summed E-state index contributed by atoms with van der Waals surface area (Å²) in [5.41, 5.74) is 3.71. The van der Waals surface area contributed by atoms with Crippen molar-refractivity contribution >= 4 is 45.1 Å². The minimum absolute atomic E-state index is 0.110. The summed E-state index contributed by atoms with van der Waals surface area (Å²) in [6, 6.07) is 10.4. The summed E-state index contributed by atoms with van der Waals surface area (Å²) in [7, 11) is 0. The van der Waals surface area contributed by atoms with Crippen molar-refractivity contribution in [1.29, 1.82) is 0 Å². The van der Waals surface area contributed by atoms with Crippen LogP contribution in [0.15, 0.2) is 56.3 Å². The average molecular weight is 447 g/mol. The molecule has 2 aromatic heterocycles. The molecule has 2 aromatic carbocycles. The van der Waals surface area contributed by atoms with Crippen molar-refractivity contribution in [2.45, 2.75) is 46.5 Å². The average Bonchev–Trinajstić information content (AvgIpc) is 3.14. The van der Waals surface area contributed by atoms with Gasteiger partial charge in [0.15, 0.2) is 0 Å². The standard InChI is InChI=1S/C26H26N2O5/c1-14-18-10-20-21(26(3,4)5)13-32-22(20)12-23(18)33-25(31)19(14)11-24(30)28-17-8-6-16(7-9-17)27-15(2)29/h6-10,12-13H,11H2,1-5H3,(H,27,29)(H,28,30). The molecule has 2 amide bonds. The molecule has 33 heavy (non-hydrogen) atoms. The predicted octanol–water partition coefficient (Wildman–Crippen LogP) is 5.28. The smallest absolute Gasteiger partial charge is 0.340 e. The predicted molar refractivity (Wildman–Crippen MR) is 129 cm³/mol. The van der Waals surface area contributed by atoms with Gasteiger partial charge in [-0.3, -0.25) is 9.59 Å². The zero-order chi connectivity index (χ0) is 23.9. The number of hydrogen-bond acceptors (Lipinski definition) is 5. The Bertz CT molecular complexity index is 1440. The monoisotopic (exact) mass is 446 g/mol. The lowest BCUT2D eigenvalue weighted by Gasteiger charge is -2.16. The third kappa shape index (κ3) is 4.53. The van der Waals surface area contributed by atoms with E-state index in [4.69, 9.17) is 8.83 Å². The van der Waals surface area contributed by atoms with E-state index in [-0.39, 0.29) is 23.7 Å². The summed E-state index contributed by atoms with van der Waals surface area (Å²) in [4.78, 5) is 36.5. The summed E-state index contributed by atoms with van der Waals surface area (Å²) in [5, 5.41) is 7.18. The van der Waals surface area contributed by atoms with Crippen LogP contribution in [0.4, 0.5) is 11.4 Å². The van der Waals surface area contributed by atoms with Gasteiger partial charge >= 0.3 is 5.63 Å². The summed E-state index contributed by atoms with van der Waals surface area (Å²) in [6.07, 6.45) is 1.62. The first kappa shape index (κ1) is 22.3. The topological polar surface area (TPSA) is 102 Å². The molecular formula is C26H26N2O5. The highest BCUT2D eigenvalue weighted by Gasteiger charge is 2.22. The number of benzene rings is 2. The van der Waals surface area contributed by atoms with Crippen LogP contribution in [0.5, 0.6) is 0 Å². The molecular weight excluding hydrogens is 420 g/mol. The molecule has 4 rings (SSSR count). The second kappa shape index (κ2) is 8.24. The van der Waals surface area contributed by atoms with Gasteiger partial charge in [-0.25, -0.2) is 4.79 Å². The van der Waals surface area contributed by atoms with Crippen LogP contribution < -0.4 is 16.3 Å². The van der Waals surface area contributed by atoms with Crippen molar-refractivity contribution in [2.24, 2.45) is 0 Å². The van der Waals surface area contributed by atoms with Crippen LogP contribution in [0.25, 0.3) is 21.9 Å². The Labute approximate surface area is 190 Å². The SMILES string of the molecule is CC(=O)Nc1ccc(NC(=O)Cc2c(C)c3cc4c(C(C)(C)C)coc4cc3oc2=O)cc1. The zero-order valence-corrected chi connectivity index (χ0v) is 19.3. The molecule has 0 unspecified atom stereocenters. The van der Waals surface area contributed by atoms with Crippen molar-refractivity contribution in [1.82, 2.24) is 0 Å². The van der Waals surface area contributed by atoms with Gasteiger partial charge in [0.05, 0.1) is 18.2 Å². The van der Waals surface area contributed by atoms with Crippen molar-refractivity contribution in [3.63, 3.8) is 0 Å². The number of hydrogen-bond donors (Lipinski definition) is 2. The van der Waals surface area contributed by atoms with Gasteiger partial charge in [0, 0.05) is 40.7 Å². The molecule has 0 atom stereocenters. The molecule has 0 aliphatic rings. The number of fused-ring (bicyclic) bond motifs is 2. The largest absolute Gasteiger partial charge is 0.464 e. The third-order valence-corrected chi connectivity index (χ3v) is 5.62. The molecule has 7 nitrogen and oxygen atoms in total. The van der Waals surface area contributed by atoms with E-state index in [9.17, 15) is 14.4 Å². The molecule has 0 bridgehead atoms. The zero-order valence-electron chi connectivity index (χ0n) is 19.3. The lowest BCUT2D eigenvalue weighted by atomic mass is 9.86. The fraction of sp³-hybridized carbons (Fsp3) is 0.269. The Hall–Kier alpha value is -3.87. The maximum Gasteiger partial charge on any atom is 0.340 e. The van der Waals surface area contributed by atoms with Gasteiger partial charge in [0.25, 0.3) is 0 Å². The highest BCUT2D eigenvalue weighted by atomic mass is 16.4. The van der Waals surface area contributed by atoms with Crippen molar-refractivity contribution < 1.29 is 18.4 Å². The minimum atomic E-state index is -0.543. The molecule has 0 saturated heterocycles. The number of aryl methyl sites for hydroxylation is 1. The second-order valence-electron chi connectivity index (χ2n) is 9.22. The Kier molecular flexibility index (Phi) is 5.57. The van der Waals surface area contributed by atoms with E-state index in [1.807, 2.05) is 13.0 Å². The normalized spacial score (nSPS) is 11.7. The summed E-state index contributed by atoms with van der Waals surface area (Å²) >= 11 is 0. The lowest BCUT2D eigenvalue weighted by molar-refractivity contribution is -0.116. The van der Waals surface area contributed by atoms with E-state index >= 15 is 0 Å². The second-order valence-corrected chi connectivity index (χ2v) is 9.22. The fourth-order valence-electron chi connectivity index (χ4n) is 3.90. The quantitative estimate of drug-likeness (QED) is 0.415. The van der Waals surface area contributed by atoms with Gasteiger partial charge in [-0.05, 0) is 48.2 Å². The van der Waals surface area contributed by atoms with Gasteiger partial charge in [-0.2, -0.15) is 0 Å². The number of anilines is 2. The Morgan fingerprint density at radius 2 is 1.58 bits per heavy atom. The van der Waals surface area contributed by atoms with Gasteiger partial charge in [0.2, 0.25) is 11.8 Å². The van der Waals surface area contributed by atoms with Crippen LogP contribution in [0, 0.1) is 6.92 Å². The molecule has 0 spiro atoms. The van der Waals surface area contributed by atoms with E-state index in [0.29, 0.717) is 33.7 Å². The molecule has 0 radical (unpaired) electrons. The molecule has 2 N–H and O–H groups in total. The number of nitrogens with one attached hydrogen (secondary N) is 2. The van der Waals surface area contributed by atoms with Gasteiger partial charge < -0.3 is 19.5 Å². The first-order valence-electron chi connectivity index (χ1n) is 10.7. The Balaban J connectivity index is 1.64. The van der Waals surface area contributed by atoms with Crippen molar-refractivity contribution in [3.05, 3.63) is 69.8 Å². The van der Waals surface area contributed by atoms with E-state index in [1.54, 1.807) is 36.6 Å². The fourth-order valence-corrected chi connectivity index (χ4v) is 3.90. The highest BCUT2D eigenvalue weighted by molar-refractivity contribution is 5.98. The van der Waals surface area contributed by atoms with Crippen LogP contribution >= 0.6 is 0 Å². The first-order chi connectivity index (χ1) is 15.5. The van der Waals surface area contributed by atoms with Gasteiger partial charge in [0.1, 0.15) is 11.2 Å². The third-order valence-electron chi connectivity index (χ3n) is 5.62. The van der Waals surface area contributed by atoms with Crippen LogP contribution in [-0.2, 0) is 21.4 Å². The number of carbonyl (C=O) groups excluding carboxylic acids is 2. The molecule has 0 fully saturated rings. The van der Waals surface area contributed by atoms with Crippen molar-refractivity contribution in [2.75, 3.05) is 10.6 Å². The summed E-state index contributed by atoms with van der Waals surface area (Å²) < 4.78 is 11.2. The first-order valence-corrected chi connectivity index (χ1v) is 10.7. The van der Waals surface area contributed by atoms with Crippen molar-refractivity contribution in [3.8, 4) is 0 Å². The maximum absolute atomic E-state index is 12.7. The molecule has 2 heterocycles. The van der Waals surface area contributed by atoms with Crippen LogP contribution in [0.1, 0.15) is 44.4 Å². The highest BCUT2D eigenvalue weighted by Crippen LogP contribution is 2.35. The molecule has 0 aliphatic heterocycles. The van der Waals surface area contributed by atoms with E-state index < -0.39 is 5.63 Å². The summed E-state index contributed by atoms with van der Waals surface area (Å²) in [5.74, 6) is -0.510. The Morgan fingerprint density at radius 3 is 2.18 bits per heavy atom. The van der Waals surface area contributed by atoms with E-state index in [1.165, 1.54) is 6.92 Å². The molecule has 0 saturated carbocycles. The van der Waals surface area contributed by atoms with Crippen LogP contribution in [-0.4, -0.2) is 11.8 Å². The Morgan fingerprint density at radius 1 is 0.939 bits per heavy atom. The van der Waals surface area contributed by atoms with Gasteiger partial charge in [-0.1, -0.05) is 20.8 Å². The minimum Gasteiger partial charge on any atom is -0.464 e. The van der Waals surface area contributed by atoms with E-state index in [0.717, 1.165) is 16.3 Å². The maximum atomic E-state index is 12.7. The number of rotatable bonds is 4. The van der Waals surface area contributed by atoms with Crippen LogP contribution in [0.3, 0.4) is 0 Å². The lowest BCUT2D eigenvalue weighted by Crippen LogP contribution is -2.20.